The molecule has 2 aromatic rings. The fraction of sp³-hybridized carbons (Fsp3) is 0.278. The molecule has 110 valence electrons. The lowest BCUT2D eigenvalue weighted by Crippen LogP contribution is -2.09. The Hall–Kier alpha value is -2.29. The zero-order chi connectivity index (χ0) is 15.2. The van der Waals surface area contributed by atoms with Crippen molar-refractivity contribution in [1.82, 2.24) is 0 Å². The Balaban J connectivity index is 1.88. The maximum atomic E-state index is 11.8. The summed E-state index contributed by atoms with van der Waals surface area (Å²) in [5.74, 6) is 0.239. The minimum Gasteiger partial charge on any atom is -0.461 e. The second-order valence-corrected chi connectivity index (χ2v) is 5.43. The molecule has 21 heavy (non-hydrogen) atoms. The number of para-hydroxylation sites is 1. The van der Waals surface area contributed by atoms with Crippen LogP contribution in [0, 0.1) is 0 Å². The average molecular weight is 283 g/mol. The maximum absolute atomic E-state index is 11.8. The molecule has 0 amide bonds. The third kappa shape index (κ3) is 4.35. The predicted molar refractivity (Wildman–Crippen MR) is 84.9 cm³/mol. The number of benzene rings is 2. The molecular formula is C18H21NO2. The van der Waals surface area contributed by atoms with Gasteiger partial charge in [0.05, 0.1) is 6.42 Å². The van der Waals surface area contributed by atoms with Crippen molar-refractivity contribution in [2.24, 2.45) is 0 Å². The van der Waals surface area contributed by atoms with E-state index in [4.69, 9.17) is 10.5 Å². The molecule has 0 aliphatic heterocycles. The van der Waals surface area contributed by atoms with Gasteiger partial charge in [-0.2, -0.15) is 0 Å². The first-order valence-electron chi connectivity index (χ1n) is 7.14. The van der Waals surface area contributed by atoms with Gasteiger partial charge in [-0.25, -0.2) is 0 Å². The van der Waals surface area contributed by atoms with E-state index in [0.717, 1.165) is 11.1 Å². The number of nitrogen functional groups attached to an aromatic ring is 1. The molecule has 0 saturated carbocycles. The first-order valence-corrected chi connectivity index (χ1v) is 7.14. The van der Waals surface area contributed by atoms with Gasteiger partial charge in [-0.1, -0.05) is 56.3 Å². The molecule has 2 N–H and O–H groups in total. The lowest BCUT2D eigenvalue weighted by Gasteiger charge is -2.09. The van der Waals surface area contributed by atoms with E-state index in [-0.39, 0.29) is 12.4 Å². The molecule has 0 aliphatic carbocycles. The van der Waals surface area contributed by atoms with Gasteiger partial charge in [0, 0.05) is 5.69 Å². The van der Waals surface area contributed by atoms with Crippen molar-refractivity contribution in [3.05, 3.63) is 65.2 Å². The largest absolute Gasteiger partial charge is 0.461 e. The summed E-state index contributed by atoms with van der Waals surface area (Å²) in [4.78, 5) is 11.8. The molecule has 0 heterocycles. The zero-order valence-corrected chi connectivity index (χ0v) is 12.5. The van der Waals surface area contributed by atoms with Crippen molar-refractivity contribution in [2.75, 3.05) is 5.73 Å². The summed E-state index contributed by atoms with van der Waals surface area (Å²) in [6, 6.07) is 15.5. The van der Waals surface area contributed by atoms with Crippen LogP contribution in [0.5, 0.6) is 0 Å². The lowest BCUT2D eigenvalue weighted by molar-refractivity contribution is -0.144. The molecule has 0 aromatic heterocycles. The summed E-state index contributed by atoms with van der Waals surface area (Å²) in [7, 11) is 0. The van der Waals surface area contributed by atoms with Gasteiger partial charge in [-0.05, 0) is 28.7 Å². The Morgan fingerprint density at radius 3 is 2.38 bits per heavy atom. The minimum absolute atomic E-state index is 0.205. The number of carbonyl (C=O) groups is 1. The van der Waals surface area contributed by atoms with Crippen LogP contribution < -0.4 is 5.73 Å². The number of esters is 1. The van der Waals surface area contributed by atoms with Crippen LogP contribution in [-0.4, -0.2) is 5.97 Å². The van der Waals surface area contributed by atoms with Gasteiger partial charge in [-0.15, -0.1) is 0 Å². The first-order chi connectivity index (χ1) is 10.1. The molecule has 3 heteroatoms. The summed E-state index contributed by atoms with van der Waals surface area (Å²) < 4.78 is 5.29. The van der Waals surface area contributed by atoms with Crippen molar-refractivity contribution in [1.29, 1.82) is 0 Å². The van der Waals surface area contributed by atoms with Gasteiger partial charge in [0.2, 0.25) is 0 Å². The zero-order valence-electron chi connectivity index (χ0n) is 12.5. The van der Waals surface area contributed by atoms with Gasteiger partial charge < -0.3 is 10.5 Å². The van der Waals surface area contributed by atoms with Gasteiger partial charge in [0.25, 0.3) is 0 Å². The smallest absolute Gasteiger partial charge is 0.310 e. The topological polar surface area (TPSA) is 52.3 Å². The summed E-state index contributed by atoms with van der Waals surface area (Å²) in [5, 5.41) is 0. The fourth-order valence-corrected chi connectivity index (χ4v) is 2.06. The third-order valence-corrected chi connectivity index (χ3v) is 3.44. The Labute approximate surface area is 125 Å². The van der Waals surface area contributed by atoms with Crippen LogP contribution in [0.15, 0.2) is 48.5 Å². The lowest BCUT2D eigenvalue weighted by atomic mass is 10.0. The van der Waals surface area contributed by atoms with E-state index < -0.39 is 0 Å². The second kappa shape index (κ2) is 6.93. The van der Waals surface area contributed by atoms with E-state index in [0.29, 0.717) is 18.2 Å². The highest BCUT2D eigenvalue weighted by Gasteiger charge is 2.08. The van der Waals surface area contributed by atoms with E-state index in [9.17, 15) is 4.79 Å². The van der Waals surface area contributed by atoms with Crippen LogP contribution in [0.3, 0.4) is 0 Å². The molecule has 3 nitrogen and oxygen atoms in total. The monoisotopic (exact) mass is 283 g/mol. The Kier molecular flexibility index (Phi) is 4.99. The molecule has 0 aliphatic rings. The number of ether oxygens (including phenoxy) is 1. The maximum Gasteiger partial charge on any atom is 0.310 e. The van der Waals surface area contributed by atoms with Gasteiger partial charge in [0.15, 0.2) is 0 Å². The second-order valence-electron chi connectivity index (χ2n) is 5.43. The number of nitrogens with two attached hydrogens (primary N) is 1. The number of anilines is 1. The van der Waals surface area contributed by atoms with Crippen molar-refractivity contribution in [2.45, 2.75) is 32.8 Å². The van der Waals surface area contributed by atoms with Gasteiger partial charge in [0.1, 0.15) is 6.61 Å². The number of hydrogen-bond acceptors (Lipinski definition) is 3. The van der Waals surface area contributed by atoms with Crippen LogP contribution in [0.4, 0.5) is 5.69 Å². The quantitative estimate of drug-likeness (QED) is 0.672. The molecule has 0 fully saturated rings. The molecule has 0 bridgehead atoms. The van der Waals surface area contributed by atoms with E-state index in [1.165, 1.54) is 5.56 Å². The van der Waals surface area contributed by atoms with Crippen molar-refractivity contribution in [3.63, 3.8) is 0 Å². The Morgan fingerprint density at radius 1 is 1.10 bits per heavy atom. The highest BCUT2D eigenvalue weighted by molar-refractivity contribution is 5.74. The van der Waals surface area contributed by atoms with Crippen molar-refractivity contribution < 1.29 is 9.53 Å². The van der Waals surface area contributed by atoms with E-state index in [1.54, 1.807) is 6.07 Å². The first kappa shape index (κ1) is 15.1. The summed E-state index contributed by atoms with van der Waals surface area (Å²) in [6.07, 6.45) is 0.205. The number of carbonyl (C=O) groups excluding carboxylic acids is 1. The Morgan fingerprint density at radius 2 is 1.76 bits per heavy atom. The summed E-state index contributed by atoms with van der Waals surface area (Å²) in [5.41, 5.74) is 9.51. The van der Waals surface area contributed by atoms with Crippen molar-refractivity contribution >= 4 is 11.7 Å². The van der Waals surface area contributed by atoms with Gasteiger partial charge >= 0.3 is 5.97 Å². The van der Waals surface area contributed by atoms with E-state index in [2.05, 4.69) is 26.0 Å². The minimum atomic E-state index is -0.263. The van der Waals surface area contributed by atoms with Gasteiger partial charge in [-0.3, -0.25) is 4.79 Å². The standard InChI is InChI=1S/C18H21NO2/c1-13(2)15-9-7-14(8-10-15)12-21-18(20)11-16-5-3-4-6-17(16)19/h3-10,13H,11-12,19H2,1-2H3. The molecule has 2 rings (SSSR count). The van der Waals surface area contributed by atoms with E-state index in [1.807, 2.05) is 30.3 Å². The van der Waals surface area contributed by atoms with Crippen LogP contribution in [0.1, 0.15) is 36.5 Å². The van der Waals surface area contributed by atoms with E-state index >= 15 is 0 Å². The number of rotatable bonds is 5. The molecule has 0 radical (unpaired) electrons. The fourth-order valence-electron chi connectivity index (χ4n) is 2.06. The van der Waals surface area contributed by atoms with Crippen LogP contribution >= 0.6 is 0 Å². The molecule has 0 spiro atoms. The molecule has 0 atom stereocenters. The summed E-state index contributed by atoms with van der Waals surface area (Å²) in [6.45, 7) is 4.60. The van der Waals surface area contributed by atoms with Crippen LogP contribution in [0.2, 0.25) is 0 Å². The predicted octanol–water partition coefficient (Wildman–Crippen LogP) is 3.68. The average Bonchev–Trinajstić information content (AvgIpc) is 2.48. The molecular weight excluding hydrogens is 262 g/mol. The molecule has 0 unspecified atom stereocenters. The van der Waals surface area contributed by atoms with Crippen molar-refractivity contribution in [3.8, 4) is 0 Å². The third-order valence-electron chi connectivity index (χ3n) is 3.44. The van der Waals surface area contributed by atoms with Crippen LogP contribution in [-0.2, 0) is 22.6 Å². The highest BCUT2D eigenvalue weighted by atomic mass is 16.5. The van der Waals surface area contributed by atoms with Crippen LogP contribution in [0.25, 0.3) is 0 Å². The highest BCUT2D eigenvalue weighted by Crippen LogP contribution is 2.16. The normalized spacial score (nSPS) is 10.6. The Bertz CT molecular complexity index is 603. The molecule has 0 saturated heterocycles. The summed E-state index contributed by atoms with van der Waals surface area (Å²) >= 11 is 0. The SMILES string of the molecule is CC(C)c1ccc(COC(=O)Cc2ccccc2N)cc1. The molecule has 2 aromatic carbocycles. The number of hydrogen-bond donors (Lipinski definition) is 1.